The lowest BCUT2D eigenvalue weighted by Gasteiger charge is -1.99. The van der Waals surface area contributed by atoms with Crippen molar-refractivity contribution in [1.82, 2.24) is 5.32 Å². The summed E-state index contributed by atoms with van der Waals surface area (Å²) in [6.07, 6.45) is 7.54. The molecular weight excluding hydrogens is 122 g/mol. The Morgan fingerprint density at radius 3 is 3.00 bits per heavy atom. The predicted octanol–water partition coefficient (Wildman–Crippen LogP) is 2.10. The molecule has 58 valence electrons. The zero-order valence-electron chi connectivity index (χ0n) is 6.82. The minimum atomic E-state index is 1.20. The largest absolute Gasteiger partial charge is 0.317 e. The zero-order chi connectivity index (χ0) is 7.23. The number of nitrogens with one attached hydrogen (secondary N) is 1. The maximum Gasteiger partial charge on any atom is -0.00459 e. The van der Waals surface area contributed by atoms with E-state index >= 15 is 0 Å². The summed E-state index contributed by atoms with van der Waals surface area (Å²) in [6.45, 7) is 4.64. The van der Waals surface area contributed by atoms with Crippen molar-refractivity contribution in [3.05, 3.63) is 11.6 Å². The molecule has 0 saturated carbocycles. The van der Waals surface area contributed by atoms with Crippen molar-refractivity contribution in [2.45, 2.75) is 32.6 Å². The normalized spacial score (nSPS) is 27.5. The van der Waals surface area contributed by atoms with Gasteiger partial charge in [0.1, 0.15) is 0 Å². The van der Waals surface area contributed by atoms with E-state index in [1.54, 1.807) is 5.57 Å². The maximum atomic E-state index is 3.41. The molecule has 0 atom stereocenters. The highest BCUT2D eigenvalue weighted by atomic mass is 14.8. The minimum absolute atomic E-state index is 1.20. The fraction of sp³-hybridized carbons (Fsp3) is 0.778. The van der Waals surface area contributed by atoms with Gasteiger partial charge in [0.2, 0.25) is 0 Å². The van der Waals surface area contributed by atoms with Gasteiger partial charge in [0.15, 0.2) is 0 Å². The SMILES string of the molecule is C/C1=C/CCCNCCC1. The molecule has 0 aromatic carbocycles. The fourth-order valence-electron chi connectivity index (χ4n) is 1.29. The molecule has 0 unspecified atom stereocenters. The summed E-state index contributed by atoms with van der Waals surface area (Å²) in [6, 6.07) is 0. The van der Waals surface area contributed by atoms with Crippen molar-refractivity contribution in [3.63, 3.8) is 0 Å². The average molecular weight is 139 g/mol. The first kappa shape index (κ1) is 7.80. The second-order valence-electron chi connectivity index (χ2n) is 3.05. The molecule has 1 aliphatic heterocycles. The van der Waals surface area contributed by atoms with E-state index in [9.17, 15) is 0 Å². The third kappa shape index (κ3) is 3.02. The molecule has 1 aliphatic rings. The number of rotatable bonds is 0. The Morgan fingerprint density at radius 2 is 2.10 bits per heavy atom. The molecule has 1 heteroatoms. The van der Waals surface area contributed by atoms with Gasteiger partial charge in [-0.3, -0.25) is 0 Å². The van der Waals surface area contributed by atoms with Crippen molar-refractivity contribution < 1.29 is 0 Å². The van der Waals surface area contributed by atoms with Crippen LogP contribution in [0.2, 0.25) is 0 Å². The highest BCUT2D eigenvalue weighted by Gasteiger charge is 1.94. The maximum absolute atomic E-state index is 3.41. The van der Waals surface area contributed by atoms with Crippen LogP contribution in [0.15, 0.2) is 11.6 Å². The molecule has 10 heavy (non-hydrogen) atoms. The third-order valence-corrected chi connectivity index (χ3v) is 1.98. The Kier molecular flexibility index (Phi) is 3.52. The van der Waals surface area contributed by atoms with Crippen LogP contribution in [0.4, 0.5) is 0 Å². The number of hydrogen-bond acceptors (Lipinski definition) is 1. The highest BCUT2D eigenvalue weighted by Crippen LogP contribution is 2.06. The Morgan fingerprint density at radius 1 is 1.30 bits per heavy atom. The molecule has 0 fully saturated rings. The lowest BCUT2D eigenvalue weighted by Crippen LogP contribution is -2.15. The van der Waals surface area contributed by atoms with Gasteiger partial charge < -0.3 is 5.32 Å². The van der Waals surface area contributed by atoms with Gasteiger partial charge in [-0.15, -0.1) is 0 Å². The van der Waals surface area contributed by atoms with E-state index in [-0.39, 0.29) is 0 Å². The second-order valence-corrected chi connectivity index (χ2v) is 3.05. The fourth-order valence-corrected chi connectivity index (χ4v) is 1.29. The van der Waals surface area contributed by atoms with Crippen LogP contribution >= 0.6 is 0 Å². The van der Waals surface area contributed by atoms with E-state index in [4.69, 9.17) is 0 Å². The van der Waals surface area contributed by atoms with Gasteiger partial charge in [-0.05, 0) is 45.7 Å². The molecule has 1 rings (SSSR count). The summed E-state index contributed by atoms with van der Waals surface area (Å²) in [5, 5.41) is 3.41. The number of hydrogen-bond donors (Lipinski definition) is 1. The lowest BCUT2D eigenvalue weighted by molar-refractivity contribution is 0.637. The van der Waals surface area contributed by atoms with Crippen LogP contribution in [0.1, 0.15) is 32.6 Å². The first-order valence-corrected chi connectivity index (χ1v) is 4.26. The van der Waals surface area contributed by atoms with Crippen LogP contribution in [-0.4, -0.2) is 13.1 Å². The van der Waals surface area contributed by atoms with Gasteiger partial charge in [-0.1, -0.05) is 11.6 Å². The van der Waals surface area contributed by atoms with Crippen molar-refractivity contribution in [2.75, 3.05) is 13.1 Å². The van der Waals surface area contributed by atoms with E-state index < -0.39 is 0 Å². The monoisotopic (exact) mass is 139 g/mol. The molecular formula is C9H17N. The van der Waals surface area contributed by atoms with Crippen molar-refractivity contribution in [3.8, 4) is 0 Å². The van der Waals surface area contributed by atoms with Crippen molar-refractivity contribution in [1.29, 1.82) is 0 Å². The molecule has 1 nitrogen and oxygen atoms in total. The molecule has 0 amide bonds. The van der Waals surface area contributed by atoms with Crippen molar-refractivity contribution in [2.24, 2.45) is 0 Å². The van der Waals surface area contributed by atoms with Gasteiger partial charge in [-0.25, -0.2) is 0 Å². The van der Waals surface area contributed by atoms with Crippen LogP contribution in [-0.2, 0) is 0 Å². The Labute approximate surface area is 63.5 Å². The quantitative estimate of drug-likeness (QED) is 0.507. The molecule has 0 spiro atoms. The molecule has 0 aliphatic carbocycles. The van der Waals surface area contributed by atoms with E-state index in [0.717, 1.165) is 0 Å². The van der Waals surface area contributed by atoms with Crippen LogP contribution < -0.4 is 5.32 Å². The summed E-state index contributed by atoms with van der Waals surface area (Å²) >= 11 is 0. The highest BCUT2D eigenvalue weighted by molar-refractivity contribution is 4.98. The molecule has 1 heterocycles. The first-order chi connectivity index (χ1) is 4.89. The van der Waals surface area contributed by atoms with Gasteiger partial charge >= 0.3 is 0 Å². The smallest absolute Gasteiger partial charge is 0.00459 e. The first-order valence-electron chi connectivity index (χ1n) is 4.26. The molecule has 0 bridgehead atoms. The van der Waals surface area contributed by atoms with Gasteiger partial charge in [0, 0.05) is 0 Å². The Hall–Kier alpha value is -0.300. The zero-order valence-corrected chi connectivity index (χ0v) is 6.82. The molecule has 0 saturated heterocycles. The summed E-state index contributed by atoms with van der Waals surface area (Å²) in [7, 11) is 0. The van der Waals surface area contributed by atoms with E-state index in [1.165, 1.54) is 38.8 Å². The Balaban J connectivity index is 2.29. The topological polar surface area (TPSA) is 12.0 Å². The standard InChI is InChI=1S/C9H17N/c1-9-5-2-3-7-10-8-4-6-9/h5,10H,2-4,6-8H2,1H3/b9-5-. The van der Waals surface area contributed by atoms with Crippen molar-refractivity contribution >= 4 is 0 Å². The molecule has 1 N–H and O–H groups in total. The van der Waals surface area contributed by atoms with Crippen LogP contribution in [0.25, 0.3) is 0 Å². The second kappa shape index (κ2) is 4.51. The van der Waals surface area contributed by atoms with Gasteiger partial charge in [0.25, 0.3) is 0 Å². The van der Waals surface area contributed by atoms with Crippen LogP contribution in [0.5, 0.6) is 0 Å². The van der Waals surface area contributed by atoms with E-state index in [2.05, 4.69) is 18.3 Å². The van der Waals surface area contributed by atoms with Gasteiger partial charge in [0.05, 0.1) is 0 Å². The Bertz CT molecular complexity index is 116. The van der Waals surface area contributed by atoms with Gasteiger partial charge in [-0.2, -0.15) is 0 Å². The van der Waals surface area contributed by atoms with Crippen LogP contribution in [0, 0.1) is 0 Å². The van der Waals surface area contributed by atoms with E-state index in [1.807, 2.05) is 0 Å². The summed E-state index contributed by atoms with van der Waals surface area (Å²) < 4.78 is 0. The number of allylic oxidation sites excluding steroid dienone is 2. The van der Waals surface area contributed by atoms with Crippen LogP contribution in [0.3, 0.4) is 0 Å². The third-order valence-electron chi connectivity index (χ3n) is 1.98. The summed E-state index contributed by atoms with van der Waals surface area (Å²) in [4.78, 5) is 0. The van der Waals surface area contributed by atoms with E-state index in [0.29, 0.717) is 0 Å². The lowest BCUT2D eigenvalue weighted by atomic mass is 10.1. The summed E-state index contributed by atoms with van der Waals surface area (Å²) in [5.41, 5.74) is 1.57. The predicted molar refractivity (Wildman–Crippen MR) is 45.1 cm³/mol. The molecule has 0 radical (unpaired) electrons. The summed E-state index contributed by atoms with van der Waals surface area (Å²) in [5.74, 6) is 0. The molecule has 0 aromatic rings. The molecule has 0 aromatic heterocycles. The minimum Gasteiger partial charge on any atom is -0.317 e. The average Bonchev–Trinajstić information content (AvgIpc) is 2.02.